The van der Waals surface area contributed by atoms with Crippen LogP contribution in [-0.4, -0.2) is 42.5 Å². The van der Waals surface area contributed by atoms with Gasteiger partial charge in [0.15, 0.2) is 0 Å². The number of benzene rings is 2. The molecule has 1 fully saturated rings. The summed E-state index contributed by atoms with van der Waals surface area (Å²) in [5, 5.41) is 17.0. The number of ether oxygens (including phenoxy) is 2. The number of amides is 3. The highest BCUT2D eigenvalue weighted by Gasteiger charge is 2.41. The number of carbonyl (C=O) groups excluding carboxylic acids is 2. The lowest BCUT2D eigenvalue weighted by Crippen LogP contribution is -2.52. The van der Waals surface area contributed by atoms with Crippen molar-refractivity contribution in [1.29, 1.82) is 0 Å². The van der Waals surface area contributed by atoms with Crippen molar-refractivity contribution in [3.8, 4) is 21.9 Å². The first kappa shape index (κ1) is 33.2. The van der Waals surface area contributed by atoms with Gasteiger partial charge in [0.25, 0.3) is 5.91 Å². The molecule has 2 aromatic carbocycles. The van der Waals surface area contributed by atoms with E-state index in [9.17, 15) is 32.7 Å². The Morgan fingerprint density at radius 3 is 2.14 bits per heavy atom. The summed E-state index contributed by atoms with van der Waals surface area (Å²) in [4.78, 5) is 39.5. The van der Waals surface area contributed by atoms with Gasteiger partial charge in [0.05, 0.1) is 28.5 Å². The number of hydrogen-bond donors (Lipinski definition) is 4. The molecule has 0 spiro atoms. The van der Waals surface area contributed by atoms with Gasteiger partial charge >= 0.3 is 18.4 Å². The van der Waals surface area contributed by atoms with Gasteiger partial charge in [0.1, 0.15) is 22.4 Å². The van der Waals surface area contributed by atoms with Crippen LogP contribution in [-0.2, 0) is 4.79 Å². The second-order valence-corrected chi connectivity index (χ2v) is 12.3. The van der Waals surface area contributed by atoms with Crippen LogP contribution in [0.4, 0.5) is 29.3 Å². The molecule has 0 bridgehead atoms. The number of urea groups is 1. The summed E-state index contributed by atoms with van der Waals surface area (Å²) in [6, 6.07) is 8.07. The van der Waals surface area contributed by atoms with E-state index in [1.54, 1.807) is 30.3 Å². The molecule has 1 saturated carbocycles. The van der Waals surface area contributed by atoms with Crippen molar-refractivity contribution >= 4 is 63.8 Å². The minimum Gasteiger partial charge on any atom is -0.497 e. The monoisotopic (exact) mass is 673 g/mol. The van der Waals surface area contributed by atoms with Gasteiger partial charge in [-0.2, -0.15) is 0 Å². The minimum atomic E-state index is -4.98. The maximum atomic E-state index is 13.6. The molecule has 1 atom stereocenters. The fourth-order valence-electron chi connectivity index (χ4n) is 5.06. The smallest absolute Gasteiger partial charge is 0.497 e. The molecule has 0 saturated heterocycles. The molecule has 236 valence electrons. The quantitative estimate of drug-likeness (QED) is 0.181. The van der Waals surface area contributed by atoms with Crippen molar-refractivity contribution < 1.29 is 42.1 Å². The van der Waals surface area contributed by atoms with Crippen LogP contribution in [0.15, 0.2) is 42.5 Å². The summed E-state index contributed by atoms with van der Waals surface area (Å²) >= 11 is 13.2. The highest BCUT2D eigenvalue weighted by Crippen LogP contribution is 2.41. The zero-order valence-electron chi connectivity index (χ0n) is 23.4. The van der Waals surface area contributed by atoms with E-state index in [4.69, 9.17) is 27.9 Å². The number of rotatable bonds is 9. The topological polar surface area (TPSA) is 126 Å². The SMILES string of the molecule is COc1ccc(-c2cc(NC(=O)Nc3c(Cl)cc(OC(F)(F)F)cc3Cl)c(C(=O)N[C@H](C(=O)O)C3(C)CCCCC3)s2)cc1. The third-order valence-corrected chi connectivity index (χ3v) is 9.04. The van der Waals surface area contributed by atoms with E-state index in [1.807, 2.05) is 6.92 Å². The van der Waals surface area contributed by atoms with E-state index in [2.05, 4.69) is 20.7 Å². The second-order valence-electron chi connectivity index (χ2n) is 10.4. The number of methoxy groups -OCH3 is 1. The molecule has 1 aromatic heterocycles. The fraction of sp³-hybridized carbons (Fsp3) is 0.345. The first-order valence-electron chi connectivity index (χ1n) is 13.3. The maximum absolute atomic E-state index is 13.6. The fourth-order valence-corrected chi connectivity index (χ4v) is 6.64. The Balaban J connectivity index is 1.63. The van der Waals surface area contributed by atoms with E-state index in [-0.39, 0.29) is 26.3 Å². The Morgan fingerprint density at radius 1 is 0.977 bits per heavy atom. The summed E-state index contributed by atoms with van der Waals surface area (Å²) in [6.07, 6.45) is -1.04. The van der Waals surface area contributed by atoms with Crippen LogP contribution < -0.4 is 25.4 Å². The van der Waals surface area contributed by atoms with Crippen molar-refractivity contribution in [3.05, 3.63) is 57.4 Å². The molecule has 15 heteroatoms. The van der Waals surface area contributed by atoms with Gasteiger partial charge in [0.2, 0.25) is 0 Å². The van der Waals surface area contributed by atoms with E-state index in [0.717, 1.165) is 42.7 Å². The number of thiophene rings is 1. The third-order valence-electron chi connectivity index (χ3n) is 7.26. The minimum absolute atomic E-state index is 0.0303. The molecular formula is C29H28Cl2F3N3O6S. The number of carboxylic acid groups (broad SMARTS) is 1. The number of halogens is 5. The molecule has 0 unspecified atom stereocenters. The summed E-state index contributed by atoms with van der Waals surface area (Å²) in [6.45, 7) is 1.84. The second kappa shape index (κ2) is 13.5. The number of nitrogens with one attached hydrogen (secondary N) is 3. The van der Waals surface area contributed by atoms with E-state index in [1.165, 1.54) is 7.11 Å². The molecule has 9 nitrogen and oxygen atoms in total. The Morgan fingerprint density at radius 2 is 1.59 bits per heavy atom. The number of aliphatic carboxylic acids is 1. The van der Waals surface area contributed by atoms with Crippen molar-refractivity contribution in [2.45, 2.75) is 51.4 Å². The number of anilines is 2. The van der Waals surface area contributed by atoms with Gasteiger partial charge in [-0.25, -0.2) is 9.59 Å². The first-order valence-corrected chi connectivity index (χ1v) is 14.9. The number of carbonyl (C=O) groups is 3. The van der Waals surface area contributed by atoms with Crippen LogP contribution >= 0.6 is 34.5 Å². The van der Waals surface area contributed by atoms with E-state index < -0.39 is 41.5 Å². The van der Waals surface area contributed by atoms with Crippen LogP contribution in [0.1, 0.15) is 48.7 Å². The normalized spacial score (nSPS) is 15.2. The largest absolute Gasteiger partial charge is 0.573 e. The van der Waals surface area contributed by atoms with Gasteiger partial charge in [-0.3, -0.25) is 4.79 Å². The number of carboxylic acids is 1. The molecule has 4 rings (SSSR count). The summed E-state index contributed by atoms with van der Waals surface area (Å²) in [7, 11) is 1.52. The Hall–Kier alpha value is -3.68. The van der Waals surface area contributed by atoms with Crippen LogP contribution in [0, 0.1) is 5.41 Å². The van der Waals surface area contributed by atoms with Crippen molar-refractivity contribution in [2.75, 3.05) is 17.7 Å². The van der Waals surface area contributed by atoms with Gasteiger partial charge in [0, 0.05) is 17.0 Å². The zero-order chi connectivity index (χ0) is 32.2. The average molecular weight is 675 g/mol. The van der Waals surface area contributed by atoms with Crippen molar-refractivity contribution in [2.24, 2.45) is 5.41 Å². The Kier molecular flexibility index (Phi) is 10.2. The molecule has 4 N–H and O–H groups in total. The molecule has 0 radical (unpaired) electrons. The molecule has 3 amide bonds. The average Bonchev–Trinajstić information content (AvgIpc) is 3.36. The number of hydrogen-bond acceptors (Lipinski definition) is 6. The third kappa shape index (κ3) is 8.07. The predicted octanol–water partition coefficient (Wildman–Crippen LogP) is 8.43. The van der Waals surface area contributed by atoms with Gasteiger partial charge in [-0.15, -0.1) is 24.5 Å². The Bertz CT molecular complexity index is 1520. The maximum Gasteiger partial charge on any atom is 0.573 e. The predicted molar refractivity (Wildman–Crippen MR) is 162 cm³/mol. The summed E-state index contributed by atoms with van der Waals surface area (Å²) in [5.41, 5.74) is -0.110. The summed E-state index contributed by atoms with van der Waals surface area (Å²) in [5.74, 6) is -1.94. The van der Waals surface area contributed by atoms with Crippen LogP contribution in [0.2, 0.25) is 10.0 Å². The van der Waals surface area contributed by atoms with Crippen LogP contribution in [0.3, 0.4) is 0 Å². The lowest BCUT2D eigenvalue weighted by atomic mass is 9.70. The lowest BCUT2D eigenvalue weighted by molar-refractivity contribution is -0.274. The Labute approximate surface area is 264 Å². The highest BCUT2D eigenvalue weighted by molar-refractivity contribution is 7.18. The standard InChI is InChI=1S/C29H28Cl2F3N3O6S/c1-28(10-4-3-5-11-28)24(26(39)40)37-25(38)23-20(14-21(44-23)15-6-8-16(42-2)9-7-15)35-27(41)36-22-18(30)12-17(13-19(22)31)43-29(32,33)34/h6-9,12-14,24H,3-5,10-11H2,1-2H3,(H,37,38)(H,39,40)(H2,35,36,41)/t24-/m1/s1. The molecule has 1 aliphatic carbocycles. The molecule has 0 aliphatic heterocycles. The van der Waals surface area contributed by atoms with E-state index in [0.29, 0.717) is 29.0 Å². The highest BCUT2D eigenvalue weighted by atomic mass is 35.5. The zero-order valence-corrected chi connectivity index (χ0v) is 25.8. The molecule has 44 heavy (non-hydrogen) atoms. The van der Waals surface area contributed by atoms with Gasteiger partial charge in [-0.05, 0) is 54.2 Å². The van der Waals surface area contributed by atoms with Crippen LogP contribution in [0.25, 0.3) is 10.4 Å². The molecule has 1 heterocycles. The number of alkyl halides is 3. The first-order chi connectivity index (χ1) is 20.7. The van der Waals surface area contributed by atoms with Crippen molar-refractivity contribution in [1.82, 2.24) is 5.32 Å². The van der Waals surface area contributed by atoms with Gasteiger partial charge in [-0.1, -0.05) is 49.4 Å². The van der Waals surface area contributed by atoms with Crippen LogP contribution in [0.5, 0.6) is 11.5 Å². The van der Waals surface area contributed by atoms with Crippen molar-refractivity contribution in [3.63, 3.8) is 0 Å². The molecule has 1 aliphatic rings. The molecular weight excluding hydrogens is 646 g/mol. The van der Waals surface area contributed by atoms with Gasteiger partial charge < -0.3 is 30.5 Å². The lowest BCUT2D eigenvalue weighted by Gasteiger charge is -2.38. The molecule has 3 aromatic rings. The summed E-state index contributed by atoms with van der Waals surface area (Å²) < 4.78 is 46.9. The van der Waals surface area contributed by atoms with E-state index >= 15 is 0 Å².